The van der Waals surface area contributed by atoms with Crippen molar-refractivity contribution in [2.45, 2.75) is 19.4 Å². The van der Waals surface area contributed by atoms with Crippen LogP contribution in [-0.2, 0) is 33.2 Å². The Hall–Kier alpha value is -2.50. The van der Waals surface area contributed by atoms with Crippen molar-refractivity contribution in [3.63, 3.8) is 0 Å². The molecular formula is C25H34ClN5O7. The molecule has 0 spiro atoms. The number of ether oxygens (including phenoxy) is 6. The van der Waals surface area contributed by atoms with E-state index < -0.39 is 6.41 Å². The zero-order valence-corrected chi connectivity index (χ0v) is 22.2. The van der Waals surface area contributed by atoms with E-state index in [1.54, 1.807) is 4.57 Å². The van der Waals surface area contributed by atoms with Crippen molar-refractivity contribution in [3.05, 3.63) is 17.5 Å². The highest BCUT2D eigenvalue weighted by atomic mass is 35.5. The Morgan fingerprint density at radius 1 is 1.13 bits per heavy atom. The standard InChI is InChI=1S/C25H34ClN5O7/c1-3-7-33-9-11-35-13-14-36-12-10-34-8-5-27-23(32)19-15-30(16-19)21-20-4-6-31(22(20)29-24(26)28-21)25-37-17-18(2)38-25/h1,4,6,18-19,25H,5,7-17H2,2H3,(H,27,32). The van der Waals surface area contributed by atoms with Crippen molar-refractivity contribution in [1.82, 2.24) is 19.9 Å². The van der Waals surface area contributed by atoms with E-state index in [4.69, 9.17) is 46.4 Å². The van der Waals surface area contributed by atoms with Crippen LogP contribution < -0.4 is 10.2 Å². The van der Waals surface area contributed by atoms with Crippen molar-refractivity contribution >= 4 is 34.4 Å². The second-order valence-corrected chi connectivity index (χ2v) is 9.19. The number of nitrogens with one attached hydrogen (secondary N) is 1. The fourth-order valence-corrected chi connectivity index (χ4v) is 4.20. The van der Waals surface area contributed by atoms with Crippen molar-refractivity contribution < 1.29 is 33.2 Å². The molecular weight excluding hydrogens is 518 g/mol. The molecule has 12 nitrogen and oxygen atoms in total. The fraction of sp³-hybridized carbons (Fsp3) is 0.640. The van der Waals surface area contributed by atoms with E-state index in [0.29, 0.717) is 90.6 Å². The maximum absolute atomic E-state index is 12.5. The molecule has 38 heavy (non-hydrogen) atoms. The topological polar surface area (TPSA) is 118 Å². The van der Waals surface area contributed by atoms with Crippen molar-refractivity contribution in [1.29, 1.82) is 0 Å². The van der Waals surface area contributed by atoms with Crippen LogP contribution in [0.5, 0.6) is 0 Å². The van der Waals surface area contributed by atoms with Crippen LogP contribution >= 0.6 is 11.6 Å². The summed E-state index contributed by atoms with van der Waals surface area (Å²) in [6.45, 7) is 7.49. The molecule has 0 radical (unpaired) electrons. The Bertz CT molecular complexity index is 1090. The maximum atomic E-state index is 12.5. The summed E-state index contributed by atoms with van der Waals surface area (Å²) in [5.74, 6) is 2.94. The Balaban J connectivity index is 1.09. The van der Waals surface area contributed by atoms with Gasteiger partial charge in [-0.2, -0.15) is 9.97 Å². The molecule has 2 aromatic heterocycles. The van der Waals surface area contributed by atoms with Gasteiger partial charge in [-0.15, -0.1) is 6.42 Å². The highest BCUT2D eigenvalue weighted by Crippen LogP contribution is 2.34. The number of hydrogen-bond donors (Lipinski definition) is 1. The van der Waals surface area contributed by atoms with E-state index in [1.807, 2.05) is 24.1 Å². The monoisotopic (exact) mass is 551 g/mol. The van der Waals surface area contributed by atoms with Crippen molar-refractivity contribution in [3.8, 4) is 12.3 Å². The molecule has 1 amide bonds. The quantitative estimate of drug-likeness (QED) is 0.185. The molecule has 0 aliphatic carbocycles. The van der Waals surface area contributed by atoms with Gasteiger partial charge in [-0.1, -0.05) is 5.92 Å². The lowest BCUT2D eigenvalue weighted by Gasteiger charge is -2.39. The van der Waals surface area contributed by atoms with Gasteiger partial charge in [0.25, 0.3) is 0 Å². The number of hydrogen-bond acceptors (Lipinski definition) is 10. The fourth-order valence-electron chi connectivity index (χ4n) is 4.04. The highest BCUT2D eigenvalue weighted by Gasteiger charge is 2.35. The maximum Gasteiger partial charge on any atom is 0.245 e. The van der Waals surface area contributed by atoms with Crippen LogP contribution in [0.2, 0.25) is 5.28 Å². The third-order valence-corrected chi connectivity index (χ3v) is 6.14. The third-order valence-electron chi connectivity index (χ3n) is 5.97. The predicted octanol–water partition coefficient (Wildman–Crippen LogP) is 1.23. The van der Waals surface area contributed by atoms with Crippen LogP contribution in [-0.4, -0.2) is 106 Å². The number of rotatable bonds is 16. The summed E-state index contributed by atoms with van der Waals surface area (Å²) in [6.07, 6.45) is 6.39. The molecule has 4 rings (SSSR count). The largest absolute Gasteiger partial charge is 0.377 e. The van der Waals surface area contributed by atoms with Gasteiger partial charge < -0.3 is 38.6 Å². The lowest BCUT2D eigenvalue weighted by molar-refractivity contribution is -0.126. The van der Waals surface area contributed by atoms with E-state index >= 15 is 0 Å². The van der Waals surface area contributed by atoms with Crippen LogP contribution in [0.3, 0.4) is 0 Å². The molecule has 2 aliphatic heterocycles. The summed E-state index contributed by atoms with van der Waals surface area (Å²) in [6, 6.07) is 1.91. The molecule has 0 saturated carbocycles. The lowest BCUT2D eigenvalue weighted by atomic mass is 9.99. The Labute approximate surface area is 226 Å². The summed E-state index contributed by atoms with van der Waals surface area (Å²) in [5.41, 5.74) is 0.631. The minimum atomic E-state index is -0.547. The van der Waals surface area contributed by atoms with Gasteiger partial charge in [0.15, 0.2) is 5.65 Å². The van der Waals surface area contributed by atoms with E-state index in [-0.39, 0.29) is 23.2 Å². The van der Waals surface area contributed by atoms with E-state index in [2.05, 4.69) is 21.2 Å². The number of anilines is 1. The van der Waals surface area contributed by atoms with Crippen LogP contribution in [0.1, 0.15) is 13.3 Å². The number of fused-ring (bicyclic) bond motifs is 1. The van der Waals surface area contributed by atoms with Gasteiger partial charge >= 0.3 is 0 Å². The molecule has 4 heterocycles. The van der Waals surface area contributed by atoms with Crippen LogP contribution in [0, 0.1) is 18.3 Å². The predicted molar refractivity (Wildman–Crippen MR) is 139 cm³/mol. The molecule has 2 aliphatic rings. The average Bonchev–Trinajstić information content (AvgIpc) is 3.49. The van der Waals surface area contributed by atoms with E-state index in [1.165, 1.54) is 0 Å². The normalized spacial score (nSPS) is 19.6. The van der Waals surface area contributed by atoms with Gasteiger partial charge in [-0.25, -0.2) is 0 Å². The molecule has 2 aromatic rings. The Morgan fingerprint density at radius 2 is 1.82 bits per heavy atom. The Kier molecular flexibility index (Phi) is 11.0. The van der Waals surface area contributed by atoms with Gasteiger partial charge in [0.2, 0.25) is 17.6 Å². The second kappa shape index (κ2) is 14.6. The number of aromatic nitrogens is 3. The molecule has 2 saturated heterocycles. The third kappa shape index (κ3) is 7.77. The van der Waals surface area contributed by atoms with Gasteiger partial charge in [0.1, 0.15) is 12.4 Å². The molecule has 2 fully saturated rings. The smallest absolute Gasteiger partial charge is 0.245 e. The van der Waals surface area contributed by atoms with E-state index in [9.17, 15) is 4.79 Å². The lowest BCUT2D eigenvalue weighted by Crippen LogP contribution is -2.54. The average molecular weight is 552 g/mol. The minimum absolute atomic E-state index is 0.00382. The summed E-state index contributed by atoms with van der Waals surface area (Å²) in [5, 5.41) is 3.88. The zero-order chi connectivity index (χ0) is 26.7. The summed E-state index contributed by atoms with van der Waals surface area (Å²) >= 11 is 6.22. The van der Waals surface area contributed by atoms with Crippen molar-refractivity contribution in [2.75, 3.05) is 84.0 Å². The first-order valence-corrected chi connectivity index (χ1v) is 13.0. The van der Waals surface area contributed by atoms with Gasteiger partial charge in [0, 0.05) is 25.8 Å². The number of halogens is 1. The number of amides is 1. The first-order valence-electron chi connectivity index (χ1n) is 12.6. The van der Waals surface area contributed by atoms with Crippen LogP contribution in [0.15, 0.2) is 12.3 Å². The SMILES string of the molecule is C#CCOCCOCCOCCOCCNC(=O)C1CN(c2nc(Cl)nc3c2ccn3C2OCC(C)O2)C1. The molecule has 2 atom stereocenters. The van der Waals surface area contributed by atoms with Gasteiger partial charge in [0.05, 0.1) is 70.3 Å². The first-order chi connectivity index (χ1) is 18.6. The Morgan fingerprint density at radius 3 is 2.47 bits per heavy atom. The summed E-state index contributed by atoms with van der Waals surface area (Å²) < 4.78 is 34.7. The number of nitrogens with zero attached hydrogens (tertiary/aromatic N) is 4. The molecule has 13 heteroatoms. The first kappa shape index (κ1) is 28.5. The van der Waals surface area contributed by atoms with Crippen LogP contribution in [0.25, 0.3) is 11.0 Å². The molecule has 0 bridgehead atoms. The molecule has 0 aromatic carbocycles. The molecule has 2 unspecified atom stereocenters. The van der Waals surface area contributed by atoms with Gasteiger partial charge in [-0.3, -0.25) is 9.36 Å². The zero-order valence-electron chi connectivity index (χ0n) is 21.5. The van der Waals surface area contributed by atoms with Crippen LogP contribution in [0.4, 0.5) is 5.82 Å². The van der Waals surface area contributed by atoms with Gasteiger partial charge in [-0.05, 0) is 24.6 Å². The number of terminal acetylenes is 1. The summed E-state index contributed by atoms with van der Waals surface area (Å²) in [4.78, 5) is 23.3. The summed E-state index contributed by atoms with van der Waals surface area (Å²) in [7, 11) is 0. The van der Waals surface area contributed by atoms with Crippen molar-refractivity contribution in [2.24, 2.45) is 5.92 Å². The highest BCUT2D eigenvalue weighted by molar-refractivity contribution is 6.28. The molecule has 208 valence electrons. The number of carbonyl (C=O) groups excluding carboxylic acids is 1. The van der Waals surface area contributed by atoms with E-state index in [0.717, 1.165) is 5.39 Å². The minimum Gasteiger partial charge on any atom is -0.377 e. The number of carbonyl (C=O) groups is 1. The second-order valence-electron chi connectivity index (χ2n) is 8.85. The molecule has 1 N–H and O–H groups in total.